The molecule has 0 aliphatic rings. The molecule has 0 aromatic rings. The highest BCUT2D eigenvalue weighted by Crippen LogP contribution is 1.97. The summed E-state index contributed by atoms with van der Waals surface area (Å²) in [4.78, 5) is 22.7. The predicted molar refractivity (Wildman–Crippen MR) is 49.3 cm³/mol. The van der Waals surface area contributed by atoms with Crippen LogP contribution in [0.15, 0.2) is 0 Å². The lowest BCUT2D eigenvalue weighted by Crippen LogP contribution is -2.40. The first-order valence-electron chi connectivity index (χ1n) is 4.39. The Kier molecular flexibility index (Phi) is 5.22. The van der Waals surface area contributed by atoms with Gasteiger partial charge in [-0.15, -0.1) is 0 Å². The summed E-state index contributed by atoms with van der Waals surface area (Å²) in [6.45, 7) is 6.77. The molecule has 0 aliphatic heterocycles. The normalized spacial score (nSPS) is 12.9. The first kappa shape index (κ1) is 12.0. The summed E-state index contributed by atoms with van der Waals surface area (Å²) >= 11 is 0. The number of carbonyl (C=O) groups excluding carboxylic acids is 1. The highest BCUT2D eigenvalue weighted by Gasteiger charge is 2.27. The smallest absolute Gasteiger partial charge is 0.282 e. The molecule has 0 N–H and O–H groups in total. The van der Waals surface area contributed by atoms with Crippen LogP contribution in [0.25, 0.3) is 0 Å². The van der Waals surface area contributed by atoms with E-state index in [0.29, 0.717) is 0 Å². The van der Waals surface area contributed by atoms with Crippen LogP contribution in [0, 0.1) is 10.1 Å². The van der Waals surface area contributed by atoms with Gasteiger partial charge in [0.15, 0.2) is 0 Å². The highest BCUT2D eigenvalue weighted by atomic mass is 16.6. The maximum absolute atomic E-state index is 10.9. The van der Waals surface area contributed by atoms with Crippen molar-refractivity contribution in [2.24, 2.45) is 0 Å². The zero-order valence-electron chi connectivity index (χ0n) is 8.32. The molecule has 0 aromatic heterocycles. The number of Topliss-reactive ketones (excluding diaryl/α,β-unsaturated/α-hetero) is 1. The van der Waals surface area contributed by atoms with E-state index >= 15 is 0 Å². The third kappa shape index (κ3) is 3.98. The number of nitrogens with zero attached hydrogens (tertiary/aromatic N) is 2. The molecule has 0 saturated carbocycles. The molecule has 0 aromatic carbocycles. The molecule has 0 amide bonds. The Morgan fingerprint density at radius 1 is 1.46 bits per heavy atom. The molecule has 5 heteroatoms. The summed E-state index contributed by atoms with van der Waals surface area (Å²) in [5, 5.41) is 10.5. The van der Waals surface area contributed by atoms with Crippen molar-refractivity contribution in [1.82, 2.24) is 4.90 Å². The summed E-state index contributed by atoms with van der Waals surface area (Å²) in [5.41, 5.74) is 0. The Morgan fingerprint density at radius 2 is 1.92 bits per heavy atom. The average Bonchev–Trinajstić information content (AvgIpc) is 2.05. The van der Waals surface area contributed by atoms with Gasteiger partial charge >= 0.3 is 0 Å². The van der Waals surface area contributed by atoms with E-state index in [4.69, 9.17) is 0 Å². The van der Waals surface area contributed by atoms with Crippen molar-refractivity contribution >= 4 is 5.78 Å². The molecular weight excluding hydrogens is 172 g/mol. The summed E-state index contributed by atoms with van der Waals surface area (Å²) in [5.74, 6) is -0.378. The van der Waals surface area contributed by atoms with Crippen molar-refractivity contribution in [3.63, 3.8) is 0 Å². The van der Waals surface area contributed by atoms with Crippen LogP contribution in [0.4, 0.5) is 0 Å². The second kappa shape index (κ2) is 5.64. The van der Waals surface area contributed by atoms with Gasteiger partial charge in [-0.05, 0) is 13.1 Å². The fourth-order valence-corrected chi connectivity index (χ4v) is 1.07. The number of likely N-dealkylation sites (N-methyl/N-ethyl adjacent to an activating group) is 1. The molecule has 0 rings (SSSR count). The zero-order chi connectivity index (χ0) is 10.4. The molecular formula is C8H16N2O3. The van der Waals surface area contributed by atoms with Gasteiger partial charge in [0.05, 0.1) is 6.54 Å². The van der Waals surface area contributed by atoms with Crippen molar-refractivity contribution in [3.05, 3.63) is 10.1 Å². The van der Waals surface area contributed by atoms with E-state index < -0.39 is 11.0 Å². The van der Waals surface area contributed by atoms with Crippen molar-refractivity contribution in [1.29, 1.82) is 0 Å². The number of nitro groups is 1. The van der Waals surface area contributed by atoms with Crippen LogP contribution in [-0.4, -0.2) is 41.3 Å². The molecule has 0 bridgehead atoms. The molecule has 0 radical (unpaired) electrons. The van der Waals surface area contributed by atoms with Crippen LogP contribution in [0.5, 0.6) is 0 Å². The molecule has 76 valence electrons. The molecule has 1 atom stereocenters. The van der Waals surface area contributed by atoms with E-state index in [-0.39, 0.29) is 12.3 Å². The minimum absolute atomic E-state index is 0.218. The fourth-order valence-electron chi connectivity index (χ4n) is 1.07. The monoisotopic (exact) mass is 188 g/mol. The maximum atomic E-state index is 10.9. The van der Waals surface area contributed by atoms with Crippen molar-refractivity contribution in [3.8, 4) is 0 Å². The van der Waals surface area contributed by atoms with Crippen LogP contribution >= 0.6 is 0 Å². The number of rotatable bonds is 6. The Morgan fingerprint density at radius 3 is 2.15 bits per heavy atom. The molecule has 13 heavy (non-hydrogen) atoms. The topological polar surface area (TPSA) is 63.5 Å². The summed E-state index contributed by atoms with van der Waals surface area (Å²) in [6.07, 6.45) is 0. The van der Waals surface area contributed by atoms with E-state index in [1.54, 1.807) is 0 Å². The number of hydrogen-bond donors (Lipinski definition) is 0. The molecule has 5 nitrogen and oxygen atoms in total. The van der Waals surface area contributed by atoms with Crippen molar-refractivity contribution in [2.45, 2.75) is 26.8 Å². The molecule has 0 aliphatic carbocycles. The minimum Gasteiger partial charge on any atom is -0.297 e. The standard InChI is InChI=1S/C8H16N2O3/c1-4-9(5-2)6-8(7(3)11)10(12)13/h8H,4-6H2,1-3H3. The van der Waals surface area contributed by atoms with Gasteiger partial charge in [-0.3, -0.25) is 19.8 Å². The number of ketones is 1. The second-order valence-electron chi connectivity index (χ2n) is 2.90. The van der Waals surface area contributed by atoms with Gasteiger partial charge in [0.2, 0.25) is 5.78 Å². The second-order valence-corrected chi connectivity index (χ2v) is 2.90. The molecule has 0 spiro atoms. The lowest BCUT2D eigenvalue weighted by Gasteiger charge is -2.18. The minimum atomic E-state index is -1.07. The van der Waals surface area contributed by atoms with E-state index in [0.717, 1.165) is 13.1 Å². The van der Waals surface area contributed by atoms with Crippen molar-refractivity contribution < 1.29 is 9.72 Å². The van der Waals surface area contributed by atoms with E-state index in [1.165, 1.54) is 6.92 Å². The van der Waals surface area contributed by atoms with Crippen LogP contribution in [0.2, 0.25) is 0 Å². The Balaban J connectivity index is 4.24. The molecule has 0 heterocycles. The van der Waals surface area contributed by atoms with Gasteiger partial charge in [0.25, 0.3) is 6.04 Å². The number of hydrogen-bond acceptors (Lipinski definition) is 4. The van der Waals surface area contributed by atoms with Crippen LogP contribution in [0.3, 0.4) is 0 Å². The van der Waals surface area contributed by atoms with Crippen molar-refractivity contribution in [2.75, 3.05) is 19.6 Å². The maximum Gasteiger partial charge on any atom is 0.282 e. The first-order chi connectivity index (χ1) is 6.02. The SMILES string of the molecule is CCN(CC)CC(C(C)=O)[N+](=O)[O-]. The summed E-state index contributed by atoms with van der Waals surface area (Å²) in [6, 6.07) is -1.07. The summed E-state index contributed by atoms with van der Waals surface area (Å²) in [7, 11) is 0. The van der Waals surface area contributed by atoms with Gasteiger partial charge in [-0.1, -0.05) is 13.8 Å². The third-order valence-electron chi connectivity index (χ3n) is 2.05. The van der Waals surface area contributed by atoms with Gasteiger partial charge in [-0.25, -0.2) is 0 Å². The first-order valence-corrected chi connectivity index (χ1v) is 4.39. The summed E-state index contributed by atoms with van der Waals surface area (Å²) < 4.78 is 0. The lowest BCUT2D eigenvalue weighted by molar-refractivity contribution is -0.507. The molecule has 0 fully saturated rings. The van der Waals surface area contributed by atoms with E-state index in [2.05, 4.69) is 0 Å². The fraction of sp³-hybridized carbons (Fsp3) is 0.875. The van der Waals surface area contributed by atoms with E-state index in [1.807, 2.05) is 18.7 Å². The average molecular weight is 188 g/mol. The Labute approximate surface area is 77.9 Å². The molecule has 0 saturated heterocycles. The lowest BCUT2D eigenvalue weighted by atomic mass is 10.2. The van der Waals surface area contributed by atoms with E-state index in [9.17, 15) is 14.9 Å². The van der Waals surface area contributed by atoms with Gasteiger partial charge in [-0.2, -0.15) is 0 Å². The largest absolute Gasteiger partial charge is 0.297 e. The van der Waals surface area contributed by atoms with Gasteiger partial charge in [0, 0.05) is 11.8 Å². The quantitative estimate of drug-likeness (QED) is 0.451. The zero-order valence-corrected chi connectivity index (χ0v) is 8.32. The Hall–Kier alpha value is -0.970. The van der Waals surface area contributed by atoms with Crippen LogP contribution in [0.1, 0.15) is 20.8 Å². The highest BCUT2D eigenvalue weighted by molar-refractivity contribution is 5.80. The van der Waals surface area contributed by atoms with Crippen LogP contribution in [-0.2, 0) is 4.79 Å². The third-order valence-corrected chi connectivity index (χ3v) is 2.05. The van der Waals surface area contributed by atoms with Gasteiger partial charge in [0.1, 0.15) is 0 Å². The Bertz CT molecular complexity index is 176. The number of carbonyl (C=O) groups is 1. The van der Waals surface area contributed by atoms with Gasteiger partial charge < -0.3 is 0 Å². The van der Waals surface area contributed by atoms with Crippen LogP contribution < -0.4 is 0 Å². The molecule has 1 unspecified atom stereocenters. The predicted octanol–water partition coefficient (Wildman–Crippen LogP) is 0.562.